The lowest BCUT2D eigenvalue weighted by molar-refractivity contribution is -0.117. The number of carbonyl (C=O) groups is 1. The number of likely N-dealkylation sites (N-methyl/N-ethyl adjacent to an activating group) is 1. The maximum Gasteiger partial charge on any atom is 0.238 e. The number of amides is 1. The van der Waals surface area contributed by atoms with Crippen molar-refractivity contribution in [2.24, 2.45) is 0 Å². The standard InChI is InChI=1S/C26H31N3O2/c1-28(17-21-5-8-23-16-25(31-2)12-9-22(23)15-21)19-26(30)27-24-10-6-20(7-11-24)18-29-13-3-4-14-29/h5-12,15-16H,3-4,13-14,17-19H2,1-2H3,(H,27,30). The summed E-state index contributed by atoms with van der Waals surface area (Å²) >= 11 is 0. The van der Waals surface area contributed by atoms with Crippen LogP contribution in [0.1, 0.15) is 24.0 Å². The van der Waals surface area contributed by atoms with Crippen LogP contribution in [0.3, 0.4) is 0 Å². The predicted molar refractivity (Wildman–Crippen MR) is 126 cm³/mol. The van der Waals surface area contributed by atoms with Gasteiger partial charge in [-0.05, 0) is 85.2 Å². The zero-order valence-electron chi connectivity index (χ0n) is 18.4. The van der Waals surface area contributed by atoms with Gasteiger partial charge in [-0.25, -0.2) is 0 Å². The molecule has 1 fully saturated rings. The molecule has 0 radical (unpaired) electrons. The van der Waals surface area contributed by atoms with E-state index >= 15 is 0 Å². The minimum atomic E-state index is 0.000295. The number of rotatable bonds is 8. The van der Waals surface area contributed by atoms with Crippen LogP contribution >= 0.6 is 0 Å². The largest absolute Gasteiger partial charge is 0.497 e. The van der Waals surface area contributed by atoms with E-state index < -0.39 is 0 Å². The molecular weight excluding hydrogens is 386 g/mol. The first kappa shape index (κ1) is 21.3. The quantitative estimate of drug-likeness (QED) is 0.586. The van der Waals surface area contributed by atoms with Gasteiger partial charge in [0.15, 0.2) is 0 Å². The summed E-state index contributed by atoms with van der Waals surface area (Å²) in [5.41, 5.74) is 3.33. The third kappa shape index (κ3) is 5.84. The monoisotopic (exact) mass is 417 g/mol. The maximum atomic E-state index is 12.5. The Balaban J connectivity index is 1.28. The molecule has 0 aromatic heterocycles. The van der Waals surface area contributed by atoms with E-state index in [0.29, 0.717) is 13.1 Å². The third-order valence-corrected chi connectivity index (χ3v) is 5.82. The van der Waals surface area contributed by atoms with Crippen molar-refractivity contribution in [3.63, 3.8) is 0 Å². The number of hydrogen-bond donors (Lipinski definition) is 1. The minimum Gasteiger partial charge on any atom is -0.497 e. The molecule has 3 aromatic rings. The van der Waals surface area contributed by atoms with E-state index in [1.54, 1.807) is 7.11 Å². The first-order valence-corrected chi connectivity index (χ1v) is 11.0. The molecular formula is C26H31N3O2. The van der Waals surface area contributed by atoms with Gasteiger partial charge in [-0.3, -0.25) is 14.6 Å². The van der Waals surface area contributed by atoms with Crippen LogP contribution in [0.4, 0.5) is 5.69 Å². The smallest absolute Gasteiger partial charge is 0.238 e. The van der Waals surface area contributed by atoms with E-state index in [1.807, 2.05) is 36.2 Å². The van der Waals surface area contributed by atoms with Crippen LogP contribution in [0.25, 0.3) is 10.8 Å². The van der Waals surface area contributed by atoms with Gasteiger partial charge in [0.05, 0.1) is 13.7 Å². The van der Waals surface area contributed by atoms with Gasteiger partial charge < -0.3 is 10.1 Å². The van der Waals surface area contributed by atoms with Crippen LogP contribution in [-0.2, 0) is 17.9 Å². The van der Waals surface area contributed by atoms with Crippen molar-refractivity contribution in [3.8, 4) is 5.75 Å². The number of nitrogens with zero attached hydrogens (tertiary/aromatic N) is 2. The Bertz CT molecular complexity index is 1030. The predicted octanol–water partition coefficient (Wildman–Crippen LogP) is 4.51. The first-order valence-electron chi connectivity index (χ1n) is 11.0. The maximum absolute atomic E-state index is 12.5. The van der Waals surface area contributed by atoms with E-state index in [4.69, 9.17) is 4.74 Å². The van der Waals surface area contributed by atoms with Crippen molar-refractivity contribution in [1.82, 2.24) is 9.80 Å². The minimum absolute atomic E-state index is 0.000295. The molecule has 4 rings (SSSR count). The number of fused-ring (bicyclic) bond motifs is 1. The van der Waals surface area contributed by atoms with Gasteiger partial charge in [-0.15, -0.1) is 0 Å². The fraction of sp³-hybridized carbons (Fsp3) is 0.346. The molecule has 0 bridgehead atoms. The van der Waals surface area contributed by atoms with E-state index in [2.05, 4.69) is 46.6 Å². The number of methoxy groups -OCH3 is 1. The average molecular weight is 418 g/mol. The third-order valence-electron chi connectivity index (χ3n) is 5.82. The fourth-order valence-electron chi connectivity index (χ4n) is 4.20. The fourth-order valence-corrected chi connectivity index (χ4v) is 4.20. The van der Waals surface area contributed by atoms with E-state index in [1.165, 1.54) is 42.4 Å². The zero-order chi connectivity index (χ0) is 21.6. The molecule has 1 heterocycles. The highest BCUT2D eigenvalue weighted by molar-refractivity contribution is 5.92. The summed E-state index contributed by atoms with van der Waals surface area (Å²) in [7, 11) is 3.65. The number of ether oxygens (including phenoxy) is 1. The lowest BCUT2D eigenvalue weighted by Gasteiger charge is -2.17. The molecule has 0 spiro atoms. The number of benzene rings is 3. The van der Waals surface area contributed by atoms with Gasteiger partial charge in [0.2, 0.25) is 5.91 Å². The summed E-state index contributed by atoms with van der Waals surface area (Å²) in [4.78, 5) is 17.0. The molecule has 5 heteroatoms. The average Bonchev–Trinajstić information content (AvgIpc) is 3.27. The van der Waals surface area contributed by atoms with Gasteiger partial charge >= 0.3 is 0 Å². The van der Waals surface area contributed by atoms with E-state index in [-0.39, 0.29) is 5.91 Å². The molecule has 1 N–H and O–H groups in total. The molecule has 1 amide bonds. The van der Waals surface area contributed by atoms with E-state index in [0.717, 1.165) is 23.4 Å². The van der Waals surface area contributed by atoms with Gasteiger partial charge in [-0.1, -0.05) is 30.3 Å². The SMILES string of the molecule is COc1ccc2cc(CN(C)CC(=O)Nc3ccc(CN4CCCC4)cc3)ccc2c1. The lowest BCUT2D eigenvalue weighted by atomic mass is 10.1. The Morgan fingerprint density at radius 1 is 0.968 bits per heavy atom. The van der Waals surface area contributed by atoms with Gasteiger partial charge in [0.25, 0.3) is 0 Å². The van der Waals surface area contributed by atoms with Gasteiger partial charge in [-0.2, -0.15) is 0 Å². The van der Waals surface area contributed by atoms with Crippen LogP contribution in [0.2, 0.25) is 0 Å². The van der Waals surface area contributed by atoms with Crippen molar-refractivity contribution in [3.05, 3.63) is 71.8 Å². The molecule has 1 saturated heterocycles. The Morgan fingerprint density at radius 2 is 1.65 bits per heavy atom. The molecule has 3 aromatic carbocycles. The Kier molecular flexibility index (Phi) is 6.85. The van der Waals surface area contributed by atoms with Crippen molar-refractivity contribution in [1.29, 1.82) is 0 Å². The summed E-state index contributed by atoms with van der Waals surface area (Å²) in [5.74, 6) is 0.860. The number of carbonyl (C=O) groups excluding carboxylic acids is 1. The first-order chi connectivity index (χ1) is 15.1. The number of nitrogens with one attached hydrogen (secondary N) is 1. The Hall–Kier alpha value is -2.89. The van der Waals surface area contributed by atoms with Crippen LogP contribution in [0, 0.1) is 0 Å². The van der Waals surface area contributed by atoms with Crippen LogP contribution in [0.15, 0.2) is 60.7 Å². The topological polar surface area (TPSA) is 44.8 Å². The number of anilines is 1. The summed E-state index contributed by atoms with van der Waals surface area (Å²) in [6.45, 7) is 4.43. The molecule has 0 unspecified atom stereocenters. The highest BCUT2D eigenvalue weighted by atomic mass is 16.5. The lowest BCUT2D eigenvalue weighted by Crippen LogP contribution is -2.29. The molecule has 0 atom stereocenters. The normalized spacial score (nSPS) is 14.3. The summed E-state index contributed by atoms with van der Waals surface area (Å²) in [5, 5.41) is 5.33. The molecule has 1 aliphatic heterocycles. The van der Waals surface area contributed by atoms with Crippen LogP contribution < -0.4 is 10.1 Å². The van der Waals surface area contributed by atoms with Crippen molar-refractivity contribution >= 4 is 22.4 Å². The molecule has 162 valence electrons. The van der Waals surface area contributed by atoms with Crippen LogP contribution in [0.5, 0.6) is 5.75 Å². The summed E-state index contributed by atoms with van der Waals surface area (Å²) < 4.78 is 5.29. The van der Waals surface area contributed by atoms with Gasteiger partial charge in [0.1, 0.15) is 5.75 Å². The molecule has 5 nitrogen and oxygen atoms in total. The Morgan fingerprint density at radius 3 is 2.39 bits per heavy atom. The second kappa shape index (κ2) is 9.94. The van der Waals surface area contributed by atoms with Crippen molar-refractivity contribution < 1.29 is 9.53 Å². The summed E-state index contributed by atoms with van der Waals surface area (Å²) in [6, 6.07) is 20.7. The second-order valence-electron chi connectivity index (χ2n) is 8.45. The number of hydrogen-bond acceptors (Lipinski definition) is 4. The van der Waals surface area contributed by atoms with Crippen molar-refractivity contribution in [2.75, 3.05) is 39.1 Å². The highest BCUT2D eigenvalue weighted by Gasteiger charge is 2.12. The van der Waals surface area contributed by atoms with Crippen LogP contribution in [-0.4, -0.2) is 49.5 Å². The molecule has 0 aliphatic carbocycles. The highest BCUT2D eigenvalue weighted by Crippen LogP contribution is 2.22. The van der Waals surface area contributed by atoms with E-state index in [9.17, 15) is 4.79 Å². The molecule has 1 aliphatic rings. The zero-order valence-corrected chi connectivity index (χ0v) is 18.4. The molecule has 31 heavy (non-hydrogen) atoms. The van der Waals surface area contributed by atoms with Crippen molar-refractivity contribution in [2.45, 2.75) is 25.9 Å². The Labute approximate surface area is 184 Å². The summed E-state index contributed by atoms with van der Waals surface area (Å²) in [6.07, 6.45) is 2.60. The van der Waals surface area contributed by atoms with Gasteiger partial charge in [0, 0.05) is 18.8 Å². The second-order valence-corrected chi connectivity index (χ2v) is 8.45. The number of likely N-dealkylation sites (tertiary alicyclic amines) is 1. The molecule has 0 saturated carbocycles.